The van der Waals surface area contributed by atoms with Gasteiger partial charge >= 0.3 is 5.97 Å². The summed E-state index contributed by atoms with van der Waals surface area (Å²) in [6.07, 6.45) is -0.0769. The second-order valence-corrected chi connectivity index (χ2v) is 3.87. The standard InChI is InChI=1S/C9H9ClN4O3/c1-5(4-8(15)16)14-9(11-12-13-14)6-2-3-7(10)17-6/h2-3,5H,4H2,1H3,(H,15,16). The molecular formula is C9H9ClN4O3. The third-order valence-electron chi connectivity index (χ3n) is 2.17. The van der Waals surface area contributed by atoms with Gasteiger partial charge in [0.25, 0.3) is 0 Å². The minimum absolute atomic E-state index is 0.0769. The number of nitrogens with zero attached hydrogens (tertiary/aromatic N) is 4. The molecule has 1 atom stereocenters. The van der Waals surface area contributed by atoms with Crippen molar-refractivity contribution < 1.29 is 14.3 Å². The summed E-state index contributed by atoms with van der Waals surface area (Å²) in [6, 6.07) is 2.82. The maximum absolute atomic E-state index is 10.6. The zero-order valence-electron chi connectivity index (χ0n) is 8.87. The fourth-order valence-corrected chi connectivity index (χ4v) is 1.57. The first-order valence-corrected chi connectivity index (χ1v) is 5.21. The molecule has 0 amide bonds. The predicted octanol–water partition coefficient (Wildman–Crippen LogP) is 1.62. The van der Waals surface area contributed by atoms with E-state index in [9.17, 15) is 4.79 Å². The second kappa shape index (κ2) is 4.54. The summed E-state index contributed by atoms with van der Waals surface area (Å²) in [4.78, 5) is 10.6. The molecule has 2 heterocycles. The van der Waals surface area contributed by atoms with Crippen LogP contribution in [0, 0.1) is 0 Å². The maximum Gasteiger partial charge on any atom is 0.305 e. The predicted molar refractivity (Wildman–Crippen MR) is 57.5 cm³/mol. The maximum atomic E-state index is 10.6. The summed E-state index contributed by atoms with van der Waals surface area (Å²) in [6.45, 7) is 1.71. The van der Waals surface area contributed by atoms with Crippen molar-refractivity contribution in [3.8, 4) is 11.6 Å². The average molecular weight is 257 g/mol. The van der Waals surface area contributed by atoms with Crippen LogP contribution in [0.25, 0.3) is 11.6 Å². The van der Waals surface area contributed by atoms with Crippen molar-refractivity contribution in [1.29, 1.82) is 0 Å². The molecule has 90 valence electrons. The number of hydrogen-bond acceptors (Lipinski definition) is 5. The van der Waals surface area contributed by atoms with Gasteiger partial charge in [0.15, 0.2) is 11.0 Å². The van der Waals surface area contributed by atoms with Crippen molar-refractivity contribution in [1.82, 2.24) is 20.2 Å². The van der Waals surface area contributed by atoms with Crippen LogP contribution in [0.5, 0.6) is 0 Å². The Morgan fingerprint density at radius 3 is 3.00 bits per heavy atom. The lowest BCUT2D eigenvalue weighted by Crippen LogP contribution is -2.13. The molecule has 0 aromatic carbocycles. The Hall–Kier alpha value is -1.89. The number of carbonyl (C=O) groups is 1. The number of rotatable bonds is 4. The van der Waals surface area contributed by atoms with Gasteiger partial charge in [-0.3, -0.25) is 4.79 Å². The Bertz CT molecular complexity index is 536. The fourth-order valence-electron chi connectivity index (χ4n) is 1.43. The topological polar surface area (TPSA) is 94.0 Å². The smallest absolute Gasteiger partial charge is 0.305 e. The van der Waals surface area contributed by atoms with E-state index >= 15 is 0 Å². The number of carboxylic acids is 1. The van der Waals surface area contributed by atoms with Crippen LogP contribution in [0.15, 0.2) is 16.5 Å². The number of hydrogen-bond donors (Lipinski definition) is 1. The lowest BCUT2D eigenvalue weighted by atomic mass is 10.2. The van der Waals surface area contributed by atoms with E-state index in [0.717, 1.165) is 0 Å². The summed E-state index contributed by atoms with van der Waals surface area (Å²) < 4.78 is 6.57. The van der Waals surface area contributed by atoms with Gasteiger partial charge in [0.1, 0.15) is 0 Å². The summed E-state index contributed by atoms with van der Waals surface area (Å²) in [7, 11) is 0. The van der Waals surface area contributed by atoms with E-state index in [1.807, 2.05) is 0 Å². The third kappa shape index (κ3) is 2.44. The molecule has 2 rings (SSSR count). The van der Waals surface area contributed by atoms with Crippen LogP contribution in [0.3, 0.4) is 0 Å². The van der Waals surface area contributed by atoms with Crippen molar-refractivity contribution in [3.63, 3.8) is 0 Å². The molecule has 0 fully saturated rings. The zero-order valence-corrected chi connectivity index (χ0v) is 9.63. The van der Waals surface area contributed by atoms with Gasteiger partial charge < -0.3 is 9.52 Å². The van der Waals surface area contributed by atoms with Crippen LogP contribution >= 0.6 is 11.6 Å². The largest absolute Gasteiger partial charge is 0.481 e. The molecule has 0 spiro atoms. The van der Waals surface area contributed by atoms with Gasteiger partial charge in [0, 0.05) is 0 Å². The molecule has 0 radical (unpaired) electrons. The molecular weight excluding hydrogens is 248 g/mol. The van der Waals surface area contributed by atoms with Gasteiger partial charge in [0.05, 0.1) is 12.5 Å². The summed E-state index contributed by atoms with van der Waals surface area (Å²) >= 11 is 5.65. The minimum atomic E-state index is -0.920. The van der Waals surface area contributed by atoms with E-state index in [0.29, 0.717) is 11.6 Å². The summed E-state index contributed by atoms with van der Waals surface area (Å²) in [5, 5.41) is 20.0. The van der Waals surface area contributed by atoms with Gasteiger partial charge in [-0.2, -0.15) is 0 Å². The van der Waals surface area contributed by atoms with Crippen LogP contribution in [0.2, 0.25) is 5.22 Å². The van der Waals surface area contributed by atoms with E-state index in [4.69, 9.17) is 21.1 Å². The minimum Gasteiger partial charge on any atom is -0.481 e. The van der Waals surface area contributed by atoms with Crippen molar-refractivity contribution in [2.24, 2.45) is 0 Å². The molecule has 0 aliphatic carbocycles. The van der Waals surface area contributed by atoms with E-state index in [-0.39, 0.29) is 17.7 Å². The monoisotopic (exact) mass is 256 g/mol. The molecule has 8 heteroatoms. The Morgan fingerprint density at radius 2 is 2.41 bits per heavy atom. The van der Waals surface area contributed by atoms with Crippen LogP contribution in [-0.2, 0) is 4.79 Å². The molecule has 0 saturated heterocycles. The summed E-state index contributed by atoms with van der Waals surface area (Å²) in [5.41, 5.74) is 0. The molecule has 0 bridgehead atoms. The number of halogens is 1. The highest BCUT2D eigenvalue weighted by molar-refractivity contribution is 6.28. The third-order valence-corrected chi connectivity index (χ3v) is 2.38. The molecule has 2 aromatic rings. The van der Waals surface area contributed by atoms with Crippen LogP contribution < -0.4 is 0 Å². The molecule has 17 heavy (non-hydrogen) atoms. The van der Waals surface area contributed by atoms with Gasteiger partial charge in [-0.05, 0) is 41.1 Å². The Morgan fingerprint density at radius 1 is 1.65 bits per heavy atom. The van der Waals surface area contributed by atoms with Gasteiger partial charge in [-0.15, -0.1) is 5.10 Å². The number of tetrazole rings is 1. The lowest BCUT2D eigenvalue weighted by molar-refractivity contribution is -0.137. The quantitative estimate of drug-likeness (QED) is 0.893. The highest BCUT2D eigenvalue weighted by atomic mass is 35.5. The van der Waals surface area contributed by atoms with E-state index < -0.39 is 5.97 Å². The van der Waals surface area contributed by atoms with Gasteiger partial charge in [-0.25, -0.2) is 4.68 Å². The first kappa shape index (κ1) is 11.6. The first-order valence-electron chi connectivity index (χ1n) is 4.83. The van der Waals surface area contributed by atoms with Crippen LogP contribution in [0.1, 0.15) is 19.4 Å². The SMILES string of the molecule is CC(CC(=O)O)n1nnnc1-c1ccc(Cl)o1. The van der Waals surface area contributed by atoms with Crippen molar-refractivity contribution in [2.75, 3.05) is 0 Å². The number of aromatic nitrogens is 4. The van der Waals surface area contributed by atoms with Gasteiger partial charge in [0.2, 0.25) is 5.82 Å². The zero-order chi connectivity index (χ0) is 12.4. The van der Waals surface area contributed by atoms with Crippen LogP contribution in [0.4, 0.5) is 0 Å². The molecule has 0 saturated carbocycles. The summed E-state index contributed by atoms with van der Waals surface area (Å²) in [5.74, 6) is -0.167. The van der Waals surface area contributed by atoms with Gasteiger partial charge in [-0.1, -0.05) is 0 Å². The van der Waals surface area contributed by atoms with E-state index in [2.05, 4.69) is 15.5 Å². The fraction of sp³-hybridized carbons (Fsp3) is 0.333. The van der Waals surface area contributed by atoms with Crippen LogP contribution in [-0.4, -0.2) is 31.3 Å². The highest BCUT2D eigenvalue weighted by Gasteiger charge is 2.19. The Balaban J connectivity index is 2.31. The van der Waals surface area contributed by atoms with E-state index in [1.54, 1.807) is 19.1 Å². The number of aliphatic carboxylic acids is 1. The molecule has 1 unspecified atom stereocenters. The first-order chi connectivity index (χ1) is 8.08. The Labute approximate surface area is 101 Å². The number of furan rings is 1. The van der Waals surface area contributed by atoms with Crippen molar-refractivity contribution >= 4 is 17.6 Å². The normalized spacial score (nSPS) is 12.6. The lowest BCUT2D eigenvalue weighted by Gasteiger charge is -2.09. The number of carboxylic acid groups (broad SMARTS) is 1. The Kier molecular flexibility index (Phi) is 3.10. The molecule has 7 nitrogen and oxygen atoms in total. The highest BCUT2D eigenvalue weighted by Crippen LogP contribution is 2.24. The average Bonchev–Trinajstić information content (AvgIpc) is 2.83. The van der Waals surface area contributed by atoms with E-state index in [1.165, 1.54) is 4.68 Å². The molecule has 0 aliphatic rings. The van der Waals surface area contributed by atoms with Crippen molar-refractivity contribution in [3.05, 3.63) is 17.4 Å². The second-order valence-electron chi connectivity index (χ2n) is 3.50. The molecule has 1 N–H and O–H groups in total. The molecule has 2 aromatic heterocycles. The van der Waals surface area contributed by atoms with Crippen molar-refractivity contribution in [2.45, 2.75) is 19.4 Å². The molecule has 0 aliphatic heterocycles.